The number of hydrogen-bond acceptors (Lipinski definition) is 0. The Bertz CT molecular complexity index is 639. The molecule has 0 N–H and O–H groups in total. The van der Waals surface area contributed by atoms with Gasteiger partial charge < -0.3 is 0 Å². The van der Waals surface area contributed by atoms with Gasteiger partial charge in [0.05, 0.1) is 0 Å². The predicted molar refractivity (Wildman–Crippen MR) is 88.6 cm³/mol. The molecule has 0 aliphatic carbocycles. The Hall–Kier alpha value is -2.42. The zero-order valence-corrected chi connectivity index (χ0v) is 12.3. The summed E-state index contributed by atoms with van der Waals surface area (Å²) in [4.78, 5) is 0. The molecule has 0 heterocycles. The van der Waals surface area contributed by atoms with Crippen LogP contribution >= 0.6 is 0 Å². The summed E-state index contributed by atoms with van der Waals surface area (Å²) in [5.74, 6) is -0.518. The summed E-state index contributed by atoms with van der Waals surface area (Å²) in [6.45, 7) is 2.00. The molecule has 0 saturated carbocycles. The van der Waals surface area contributed by atoms with E-state index in [0.29, 0.717) is 0 Å². The van der Waals surface area contributed by atoms with Crippen LogP contribution in [-0.4, -0.2) is 6.71 Å². The monoisotopic (exact) mass is 292 g/mol. The highest BCUT2D eigenvalue weighted by Gasteiger charge is 2.21. The van der Waals surface area contributed by atoms with Gasteiger partial charge in [0.15, 0.2) is 0 Å². The summed E-state index contributed by atoms with van der Waals surface area (Å²) in [6.07, 6.45) is 0. The van der Waals surface area contributed by atoms with Crippen LogP contribution in [0.3, 0.4) is 0 Å². The van der Waals surface area contributed by atoms with Gasteiger partial charge in [-0.2, -0.15) is 0 Å². The van der Waals surface area contributed by atoms with Gasteiger partial charge >= 0.3 is 0 Å². The van der Waals surface area contributed by atoms with Crippen molar-refractivity contribution in [1.82, 2.24) is 0 Å². The highest BCUT2D eigenvalue weighted by Crippen LogP contribution is 2.01. The van der Waals surface area contributed by atoms with E-state index in [1.165, 1.54) is 29.8 Å². The smallest absolute Gasteiger partial charge is 0.207 e. The molecule has 0 aliphatic rings. The molecule has 108 valence electrons. The lowest BCUT2D eigenvalue weighted by Gasteiger charge is -2.16. The van der Waals surface area contributed by atoms with E-state index in [1.807, 2.05) is 6.92 Å². The Morgan fingerprint density at radius 2 is 0.864 bits per heavy atom. The van der Waals surface area contributed by atoms with Gasteiger partial charge in [0, 0.05) is 0 Å². The summed E-state index contributed by atoms with van der Waals surface area (Å²) in [6, 6.07) is 21.2. The van der Waals surface area contributed by atoms with Gasteiger partial charge in [0.25, 0.3) is 0 Å². The zero-order chi connectivity index (χ0) is 15.5. The van der Waals surface area contributed by atoms with Crippen molar-refractivity contribution >= 4 is 23.1 Å². The van der Waals surface area contributed by atoms with E-state index in [1.54, 1.807) is 24.3 Å². The molecular formula is C19H15BF2. The minimum atomic E-state index is -0.259. The third-order valence-electron chi connectivity index (χ3n) is 3.82. The Morgan fingerprint density at radius 1 is 0.545 bits per heavy atom. The minimum absolute atomic E-state index is 0.0400. The molecule has 3 aromatic rings. The number of halogens is 2. The summed E-state index contributed by atoms with van der Waals surface area (Å²) < 4.78 is 26.4. The van der Waals surface area contributed by atoms with Crippen LogP contribution in [0.1, 0.15) is 5.56 Å². The van der Waals surface area contributed by atoms with Crippen molar-refractivity contribution in [2.75, 3.05) is 0 Å². The highest BCUT2D eigenvalue weighted by atomic mass is 19.1. The van der Waals surface area contributed by atoms with Crippen LogP contribution in [0.15, 0.2) is 72.8 Å². The highest BCUT2D eigenvalue weighted by molar-refractivity contribution is 6.95. The molecule has 0 bridgehead atoms. The van der Waals surface area contributed by atoms with E-state index in [0.717, 1.165) is 16.4 Å². The SMILES string of the molecule is Cc1ccc(B(c2ccc(F)cc2)c2ccc(F)cc2)cc1. The normalized spacial score (nSPS) is 10.5. The van der Waals surface area contributed by atoms with Crippen LogP contribution in [0.25, 0.3) is 0 Å². The molecule has 0 spiro atoms. The second-order valence-electron chi connectivity index (χ2n) is 5.45. The summed E-state index contributed by atoms with van der Waals surface area (Å²) in [7, 11) is 0. The second-order valence-corrected chi connectivity index (χ2v) is 5.45. The quantitative estimate of drug-likeness (QED) is 0.651. The Balaban J connectivity index is 2.10. The van der Waals surface area contributed by atoms with Crippen molar-refractivity contribution in [3.63, 3.8) is 0 Å². The molecule has 0 aliphatic heterocycles. The Kier molecular flexibility index (Phi) is 4.05. The Morgan fingerprint density at radius 3 is 1.23 bits per heavy atom. The molecule has 3 rings (SSSR count). The molecule has 0 atom stereocenters. The molecule has 3 aromatic carbocycles. The van der Waals surface area contributed by atoms with Crippen molar-refractivity contribution in [3.05, 3.63) is 90.0 Å². The van der Waals surface area contributed by atoms with Crippen molar-refractivity contribution in [2.24, 2.45) is 0 Å². The molecule has 0 radical (unpaired) electrons. The first kappa shape index (κ1) is 14.5. The lowest BCUT2D eigenvalue weighted by atomic mass is 9.37. The van der Waals surface area contributed by atoms with E-state index in [4.69, 9.17) is 0 Å². The van der Waals surface area contributed by atoms with E-state index in [9.17, 15) is 8.78 Å². The van der Waals surface area contributed by atoms with Crippen LogP contribution < -0.4 is 16.4 Å². The average molecular weight is 292 g/mol. The summed E-state index contributed by atoms with van der Waals surface area (Å²) in [5.41, 5.74) is 4.25. The predicted octanol–water partition coefficient (Wildman–Crippen LogP) is 2.79. The first-order valence-electron chi connectivity index (χ1n) is 7.21. The fourth-order valence-electron chi connectivity index (χ4n) is 2.65. The molecule has 3 heteroatoms. The first-order valence-corrected chi connectivity index (χ1v) is 7.21. The van der Waals surface area contributed by atoms with E-state index in [2.05, 4.69) is 24.3 Å². The van der Waals surface area contributed by atoms with Gasteiger partial charge in [-0.05, 0) is 31.2 Å². The molecule has 0 aromatic heterocycles. The van der Waals surface area contributed by atoms with Crippen molar-refractivity contribution in [2.45, 2.75) is 6.92 Å². The average Bonchev–Trinajstić information content (AvgIpc) is 2.53. The van der Waals surface area contributed by atoms with Crippen molar-refractivity contribution in [3.8, 4) is 0 Å². The number of benzene rings is 3. The van der Waals surface area contributed by atoms with Crippen LogP contribution in [0.5, 0.6) is 0 Å². The van der Waals surface area contributed by atoms with E-state index < -0.39 is 0 Å². The summed E-state index contributed by atoms with van der Waals surface area (Å²) in [5, 5.41) is 0. The Labute approximate surface area is 129 Å². The third kappa shape index (κ3) is 3.09. The van der Waals surface area contributed by atoms with Crippen LogP contribution in [-0.2, 0) is 0 Å². The maximum Gasteiger partial charge on any atom is 0.241 e. The first-order chi connectivity index (χ1) is 10.6. The van der Waals surface area contributed by atoms with Crippen LogP contribution in [0.4, 0.5) is 8.78 Å². The van der Waals surface area contributed by atoms with Gasteiger partial charge in [0.2, 0.25) is 6.71 Å². The second kappa shape index (κ2) is 6.14. The maximum atomic E-state index is 13.2. The number of hydrogen-bond donors (Lipinski definition) is 0. The van der Waals surface area contributed by atoms with Gasteiger partial charge in [-0.3, -0.25) is 0 Å². The van der Waals surface area contributed by atoms with Gasteiger partial charge in [-0.1, -0.05) is 70.5 Å². The third-order valence-corrected chi connectivity index (χ3v) is 3.82. The van der Waals surface area contributed by atoms with Gasteiger partial charge in [-0.25, -0.2) is 8.78 Å². The minimum Gasteiger partial charge on any atom is -0.207 e. The van der Waals surface area contributed by atoms with Gasteiger partial charge in [-0.15, -0.1) is 0 Å². The fraction of sp³-hybridized carbons (Fsp3) is 0.0526. The van der Waals surface area contributed by atoms with E-state index >= 15 is 0 Å². The maximum absolute atomic E-state index is 13.2. The van der Waals surface area contributed by atoms with Crippen LogP contribution in [0, 0.1) is 18.6 Å². The molecule has 22 heavy (non-hydrogen) atoms. The molecular weight excluding hydrogens is 277 g/mol. The molecule has 0 amide bonds. The van der Waals surface area contributed by atoms with Crippen molar-refractivity contribution in [1.29, 1.82) is 0 Å². The van der Waals surface area contributed by atoms with Gasteiger partial charge in [0.1, 0.15) is 11.6 Å². The lowest BCUT2D eigenvalue weighted by molar-refractivity contribution is 0.628. The topological polar surface area (TPSA) is 0 Å². The molecule has 0 fully saturated rings. The molecule has 0 unspecified atom stereocenters. The van der Waals surface area contributed by atoms with Crippen LogP contribution in [0.2, 0.25) is 0 Å². The molecule has 0 saturated heterocycles. The van der Waals surface area contributed by atoms with Crippen molar-refractivity contribution < 1.29 is 8.78 Å². The standard InChI is InChI=1S/C19H15BF2/c1-14-2-4-15(5-3-14)20(16-6-10-18(21)11-7-16)17-8-12-19(22)13-9-17/h2-13H,1H3. The number of rotatable bonds is 3. The lowest BCUT2D eigenvalue weighted by Crippen LogP contribution is -2.51. The number of aryl methyl sites for hydroxylation is 1. The zero-order valence-electron chi connectivity index (χ0n) is 12.3. The fourth-order valence-corrected chi connectivity index (χ4v) is 2.65. The molecule has 0 nitrogen and oxygen atoms in total. The van der Waals surface area contributed by atoms with E-state index in [-0.39, 0.29) is 18.3 Å². The summed E-state index contributed by atoms with van der Waals surface area (Å²) >= 11 is 0. The largest absolute Gasteiger partial charge is 0.241 e.